The number of aryl methyl sites for hydroxylation is 3. The lowest BCUT2D eigenvalue weighted by Gasteiger charge is -2.17. The van der Waals surface area contributed by atoms with Crippen LogP contribution in [0.5, 0.6) is 11.5 Å². The third-order valence-corrected chi connectivity index (χ3v) is 6.72. The molecule has 0 saturated carbocycles. The zero-order valence-electron chi connectivity index (χ0n) is 18.8. The molecule has 0 amide bonds. The van der Waals surface area contributed by atoms with Crippen molar-refractivity contribution in [3.63, 3.8) is 0 Å². The summed E-state index contributed by atoms with van der Waals surface area (Å²) < 4.78 is 17.0. The lowest BCUT2D eigenvalue weighted by atomic mass is 9.93. The van der Waals surface area contributed by atoms with Gasteiger partial charge in [-0.25, -0.2) is 0 Å². The normalized spacial score (nSPS) is 18.6. The fourth-order valence-electron chi connectivity index (χ4n) is 5.07. The van der Waals surface area contributed by atoms with Gasteiger partial charge in [0.1, 0.15) is 17.6 Å². The van der Waals surface area contributed by atoms with Crippen molar-refractivity contribution in [1.29, 1.82) is 0 Å². The maximum atomic E-state index is 11.6. The van der Waals surface area contributed by atoms with E-state index in [1.165, 1.54) is 40.5 Å². The molecule has 3 aromatic rings. The number of hydrogen-bond donors (Lipinski definition) is 0. The van der Waals surface area contributed by atoms with E-state index in [9.17, 15) is 4.79 Å². The van der Waals surface area contributed by atoms with Crippen molar-refractivity contribution in [2.24, 2.45) is 0 Å². The molecule has 2 atom stereocenters. The van der Waals surface area contributed by atoms with Gasteiger partial charge in [-0.05, 0) is 66.1 Å². The van der Waals surface area contributed by atoms with Crippen LogP contribution in [0.25, 0.3) is 11.1 Å². The van der Waals surface area contributed by atoms with Crippen molar-refractivity contribution in [2.75, 3.05) is 13.7 Å². The summed E-state index contributed by atoms with van der Waals surface area (Å²) >= 11 is 0. The summed E-state index contributed by atoms with van der Waals surface area (Å²) in [4.78, 5) is 11.6. The lowest BCUT2D eigenvalue weighted by molar-refractivity contribution is -0.141. The molecule has 0 fully saturated rings. The van der Waals surface area contributed by atoms with E-state index in [-0.39, 0.29) is 18.0 Å². The zero-order chi connectivity index (χ0) is 22.2. The first-order valence-electron chi connectivity index (χ1n) is 11.2. The minimum absolute atomic E-state index is 0.0435. The highest BCUT2D eigenvalue weighted by molar-refractivity contribution is 5.72. The van der Waals surface area contributed by atoms with Crippen molar-refractivity contribution in [3.05, 3.63) is 82.4 Å². The Morgan fingerprint density at radius 3 is 2.59 bits per heavy atom. The van der Waals surface area contributed by atoms with E-state index in [2.05, 4.69) is 50.2 Å². The van der Waals surface area contributed by atoms with Crippen molar-refractivity contribution in [1.82, 2.24) is 0 Å². The molecular weight excluding hydrogens is 400 g/mol. The molecule has 2 aliphatic rings. The van der Waals surface area contributed by atoms with Crippen LogP contribution in [-0.4, -0.2) is 19.7 Å². The molecule has 0 bridgehead atoms. The average Bonchev–Trinajstić information content (AvgIpc) is 3.37. The number of carbonyl (C=O) groups excluding carboxylic acids is 1. The number of methoxy groups -OCH3 is 1. The predicted molar refractivity (Wildman–Crippen MR) is 124 cm³/mol. The molecule has 0 saturated heterocycles. The van der Waals surface area contributed by atoms with Gasteiger partial charge in [-0.15, -0.1) is 0 Å². The second kappa shape index (κ2) is 8.34. The van der Waals surface area contributed by atoms with Gasteiger partial charge in [0.05, 0.1) is 20.1 Å². The van der Waals surface area contributed by atoms with E-state index >= 15 is 0 Å². The van der Waals surface area contributed by atoms with Crippen LogP contribution in [-0.2, 0) is 16.0 Å². The van der Waals surface area contributed by atoms with Gasteiger partial charge in [0, 0.05) is 17.5 Å². The SMILES string of the molecule is COC(=O)CC1COc2cc(O[C@@H]3CCc4cc(-c5c(C)cccc5C)ccc43)ccc21. The van der Waals surface area contributed by atoms with Crippen molar-refractivity contribution < 1.29 is 19.0 Å². The highest BCUT2D eigenvalue weighted by atomic mass is 16.5. The lowest BCUT2D eigenvalue weighted by Crippen LogP contribution is -2.09. The minimum atomic E-state index is -0.213. The molecule has 1 heterocycles. The van der Waals surface area contributed by atoms with Crippen molar-refractivity contribution >= 4 is 5.97 Å². The molecule has 0 N–H and O–H groups in total. The predicted octanol–water partition coefficient (Wildman–Crippen LogP) is 6.08. The van der Waals surface area contributed by atoms with Crippen LogP contribution in [0.1, 0.15) is 52.7 Å². The Morgan fingerprint density at radius 2 is 1.81 bits per heavy atom. The second-order valence-electron chi connectivity index (χ2n) is 8.81. The van der Waals surface area contributed by atoms with E-state index < -0.39 is 0 Å². The number of fused-ring (bicyclic) bond motifs is 2. The number of ether oxygens (including phenoxy) is 3. The number of benzene rings is 3. The summed E-state index contributed by atoms with van der Waals surface area (Å²) in [7, 11) is 1.42. The van der Waals surface area contributed by atoms with E-state index in [1.54, 1.807) is 0 Å². The Morgan fingerprint density at radius 1 is 1.03 bits per heavy atom. The monoisotopic (exact) mass is 428 g/mol. The third-order valence-electron chi connectivity index (χ3n) is 6.72. The first-order valence-corrected chi connectivity index (χ1v) is 11.2. The third kappa shape index (κ3) is 3.75. The maximum absolute atomic E-state index is 11.6. The fraction of sp³-hybridized carbons (Fsp3) is 0.321. The molecule has 0 spiro atoms. The molecule has 1 aliphatic carbocycles. The summed E-state index contributed by atoms with van der Waals surface area (Å²) in [5, 5.41) is 0. The highest BCUT2D eigenvalue weighted by Crippen LogP contribution is 2.42. The molecular formula is C28H28O4. The van der Waals surface area contributed by atoms with Gasteiger partial charge in [0.15, 0.2) is 0 Å². The summed E-state index contributed by atoms with van der Waals surface area (Å²) in [6.07, 6.45) is 2.36. The zero-order valence-corrected chi connectivity index (χ0v) is 18.8. The molecule has 32 heavy (non-hydrogen) atoms. The molecule has 0 radical (unpaired) electrons. The molecule has 4 heteroatoms. The molecule has 164 valence electrons. The van der Waals surface area contributed by atoms with Crippen molar-refractivity contribution in [2.45, 2.75) is 45.1 Å². The van der Waals surface area contributed by atoms with E-state index in [0.717, 1.165) is 29.9 Å². The number of hydrogen-bond acceptors (Lipinski definition) is 4. The van der Waals surface area contributed by atoms with Crippen LogP contribution in [0.3, 0.4) is 0 Å². The topological polar surface area (TPSA) is 44.8 Å². The van der Waals surface area contributed by atoms with Gasteiger partial charge in [0.25, 0.3) is 0 Å². The molecule has 4 nitrogen and oxygen atoms in total. The Balaban J connectivity index is 1.34. The minimum Gasteiger partial charge on any atom is -0.492 e. The van der Waals surface area contributed by atoms with Crippen LogP contribution >= 0.6 is 0 Å². The van der Waals surface area contributed by atoms with E-state index in [0.29, 0.717) is 13.0 Å². The Hall–Kier alpha value is -3.27. The molecule has 1 unspecified atom stereocenters. The standard InChI is InChI=1S/C28H28O4/c1-17-5-4-6-18(2)28(17)20-7-10-23-19(13-20)8-12-25(23)32-22-9-11-24-21(14-27(29)30-3)16-31-26(24)15-22/h4-7,9-11,13,15,21,25H,8,12,14,16H2,1-3H3/t21?,25-/m1/s1. The largest absolute Gasteiger partial charge is 0.492 e. The van der Waals surface area contributed by atoms with Gasteiger partial charge in [-0.1, -0.05) is 42.5 Å². The maximum Gasteiger partial charge on any atom is 0.306 e. The van der Waals surface area contributed by atoms with Crippen LogP contribution < -0.4 is 9.47 Å². The second-order valence-corrected chi connectivity index (χ2v) is 8.81. The number of carbonyl (C=O) groups is 1. The van der Waals surface area contributed by atoms with Crippen LogP contribution in [0.2, 0.25) is 0 Å². The van der Waals surface area contributed by atoms with Gasteiger partial charge >= 0.3 is 5.97 Å². The first-order chi connectivity index (χ1) is 15.5. The number of rotatable bonds is 5. The van der Waals surface area contributed by atoms with E-state index in [1.807, 2.05) is 18.2 Å². The van der Waals surface area contributed by atoms with E-state index in [4.69, 9.17) is 14.2 Å². The number of esters is 1. The average molecular weight is 429 g/mol. The van der Waals surface area contributed by atoms with Gasteiger partial charge in [-0.3, -0.25) is 4.79 Å². The van der Waals surface area contributed by atoms with Crippen LogP contribution in [0, 0.1) is 13.8 Å². The highest BCUT2D eigenvalue weighted by Gasteiger charge is 2.29. The van der Waals surface area contributed by atoms with Gasteiger partial charge in [-0.2, -0.15) is 0 Å². The Kier molecular flexibility index (Phi) is 5.38. The fourth-order valence-corrected chi connectivity index (χ4v) is 5.07. The van der Waals surface area contributed by atoms with Crippen LogP contribution in [0.15, 0.2) is 54.6 Å². The molecule has 0 aromatic heterocycles. The summed E-state index contributed by atoms with van der Waals surface area (Å²) in [5.41, 5.74) is 8.90. The molecule has 3 aromatic carbocycles. The van der Waals surface area contributed by atoms with Gasteiger partial charge in [0.2, 0.25) is 0 Å². The summed E-state index contributed by atoms with van der Waals surface area (Å²) in [6, 6.07) is 19.2. The Bertz CT molecular complexity index is 1160. The molecule has 5 rings (SSSR count). The summed E-state index contributed by atoms with van der Waals surface area (Å²) in [5.74, 6) is 1.44. The van der Waals surface area contributed by atoms with Crippen LogP contribution in [0.4, 0.5) is 0 Å². The smallest absolute Gasteiger partial charge is 0.306 e. The summed E-state index contributed by atoms with van der Waals surface area (Å²) in [6.45, 7) is 4.85. The quantitative estimate of drug-likeness (QED) is 0.462. The van der Waals surface area contributed by atoms with Gasteiger partial charge < -0.3 is 14.2 Å². The molecule has 1 aliphatic heterocycles. The Labute approximate surface area is 189 Å². The first kappa shape index (κ1) is 20.6. The van der Waals surface area contributed by atoms with Crippen molar-refractivity contribution in [3.8, 4) is 22.6 Å².